The molecule has 0 bridgehead atoms. The third-order valence-electron chi connectivity index (χ3n) is 8.57. The second kappa shape index (κ2) is 11.2. The summed E-state index contributed by atoms with van der Waals surface area (Å²) in [6.07, 6.45) is 6.22. The lowest BCUT2D eigenvalue weighted by Crippen LogP contribution is -2.58. The molecule has 0 radical (unpaired) electrons. The van der Waals surface area contributed by atoms with E-state index in [4.69, 9.17) is 14.2 Å². The van der Waals surface area contributed by atoms with Crippen LogP contribution in [0.1, 0.15) is 66.7 Å². The second-order valence-electron chi connectivity index (χ2n) is 10.9. The van der Waals surface area contributed by atoms with Gasteiger partial charge in [-0.2, -0.15) is 5.10 Å². The van der Waals surface area contributed by atoms with Crippen molar-refractivity contribution in [1.82, 2.24) is 20.0 Å². The van der Waals surface area contributed by atoms with E-state index >= 15 is 0 Å². The highest BCUT2D eigenvalue weighted by Gasteiger charge is 2.60. The number of hydrogen-bond donors (Lipinski definition) is 2. The summed E-state index contributed by atoms with van der Waals surface area (Å²) in [4.78, 5) is 28.7. The van der Waals surface area contributed by atoms with E-state index in [1.165, 1.54) is 0 Å². The Morgan fingerprint density at radius 2 is 2.07 bits per heavy atom. The Kier molecular flexibility index (Phi) is 7.44. The predicted molar refractivity (Wildman–Crippen MR) is 150 cm³/mol. The van der Waals surface area contributed by atoms with Crippen LogP contribution in [-0.2, 0) is 21.6 Å². The smallest absolute Gasteiger partial charge is 0.407 e. The summed E-state index contributed by atoms with van der Waals surface area (Å²) >= 11 is 0. The highest BCUT2D eigenvalue weighted by molar-refractivity contribution is 6.01. The number of rotatable bonds is 7. The number of carbonyl (C=O) groups is 2. The fourth-order valence-electron chi connectivity index (χ4n) is 6.62. The maximum absolute atomic E-state index is 14.2. The summed E-state index contributed by atoms with van der Waals surface area (Å²) in [5.74, 6) is 0.534. The van der Waals surface area contributed by atoms with Crippen molar-refractivity contribution in [2.75, 3.05) is 20.3 Å². The molecule has 1 spiro atoms. The van der Waals surface area contributed by atoms with Crippen molar-refractivity contribution in [2.24, 2.45) is 0 Å². The lowest BCUT2D eigenvalue weighted by atomic mass is 9.83. The van der Waals surface area contributed by atoms with Crippen LogP contribution in [0.25, 0.3) is 11.1 Å². The zero-order chi connectivity index (χ0) is 28.6. The van der Waals surface area contributed by atoms with E-state index < -0.39 is 23.8 Å². The van der Waals surface area contributed by atoms with Crippen molar-refractivity contribution in [3.05, 3.63) is 71.5 Å². The molecular formula is C31H36N4O6. The minimum absolute atomic E-state index is 0.0788. The van der Waals surface area contributed by atoms with Gasteiger partial charge in [0.2, 0.25) is 0 Å². The van der Waals surface area contributed by atoms with Gasteiger partial charge in [0.1, 0.15) is 12.0 Å². The molecule has 6 rings (SSSR count). The predicted octanol–water partition coefficient (Wildman–Crippen LogP) is 4.38. The quantitative estimate of drug-likeness (QED) is 0.441. The lowest BCUT2D eigenvalue weighted by Gasteiger charge is -2.41. The van der Waals surface area contributed by atoms with Crippen molar-refractivity contribution in [3.8, 4) is 16.9 Å². The number of carbonyl (C=O) groups excluding carboxylic acids is 2. The normalized spacial score (nSPS) is 25.4. The van der Waals surface area contributed by atoms with Gasteiger partial charge in [0.15, 0.2) is 0 Å². The Hall–Kier alpha value is -3.89. The number of amides is 2. The number of aliphatic hydroxyl groups excluding tert-OH is 1. The molecule has 2 fully saturated rings. The van der Waals surface area contributed by atoms with E-state index in [0.717, 1.165) is 48.1 Å². The van der Waals surface area contributed by atoms with Crippen molar-refractivity contribution in [1.29, 1.82) is 0 Å². The molecule has 2 amide bonds. The van der Waals surface area contributed by atoms with Gasteiger partial charge in [0.05, 0.1) is 37.6 Å². The number of ether oxygens (including phenoxy) is 3. The third kappa shape index (κ3) is 4.85. The van der Waals surface area contributed by atoms with Crippen LogP contribution in [0.4, 0.5) is 4.79 Å². The van der Waals surface area contributed by atoms with Gasteiger partial charge >= 0.3 is 6.09 Å². The first kappa shape index (κ1) is 27.3. The Balaban J connectivity index is 1.40. The Morgan fingerprint density at radius 3 is 2.85 bits per heavy atom. The highest BCUT2D eigenvalue weighted by Crippen LogP contribution is 2.51. The first-order chi connectivity index (χ1) is 19.9. The topological polar surface area (TPSA) is 115 Å². The molecule has 216 valence electrons. The summed E-state index contributed by atoms with van der Waals surface area (Å²) in [6.45, 7) is 2.94. The largest absolute Gasteiger partial charge is 0.497 e. The molecule has 10 heteroatoms. The molecule has 1 aromatic heterocycles. The molecule has 1 aliphatic carbocycles. The number of hydrogen-bond acceptors (Lipinski definition) is 7. The molecule has 1 saturated heterocycles. The molecule has 3 aliphatic rings. The molecule has 10 nitrogen and oxygen atoms in total. The zero-order valence-corrected chi connectivity index (χ0v) is 23.4. The van der Waals surface area contributed by atoms with Crippen molar-refractivity contribution in [3.63, 3.8) is 0 Å². The van der Waals surface area contributed by atoms with E-state index in [-0.39, 0.29) is 25.3 Å². The number of nitrogens with zero attached hydrogens (tertiary/aromatic N) is 3. The van der Waals surface area contributed by atoms with E-state index in [9.17, 15) is 14.7 Å². The van der Waals surface area contributed by atoms with Crippen molar-refractivity contribution < 1.29 is 28.9 Å². The second-order valence-corrected chi connectivity index (χ2v) is 10.9. The number of aromatic nitrogens is 2. The van der Waals surface area contributed by atoms with Crippen LogP contribution in [0.5, 0.6) is 5.75 Å². The number of alkyl carbamates (subject to hydrolysis) is 1. The monoisotopic (exact) mass is 560 g/mol. The van der Waals surface area contributed by atoms with Crippen LogP contribution < -0.4 is 10.1 Å². The van der Waals surface area contributed by atoms with Gasteiger partial charge in [0.25, 0.3) is 5.91 Å². The van der Waals surface area contributed by atoms with E-state index in [2.05, 4.69) is 10.4 Å². The molecule has 4 atom stereocenters. The summed E-state index contributed by atoms with van der Waals surface area (Å²) in [5.41, 5.74) is 3.04. The Morgan fingerprint density at radius 1 is 1.20 bits per heavy atom. The van der Waals surface area contributed by atoms with E-state index in [1.807, 2.05) is 53.3 Å². The van der Waals surface area contributed by atoms with Crippen LogP contribution in [0.2, 0.25) is 0 Å². The van der Waals surface area contributed by atoms with E-state index in [1.54, 1.807) is 25.1 Å². The first-order valence-electron chi connectivity index (χ1n) is 14.3. The highest BCUT2D eigenvalue weighted by atomic mass is 16.5. The maximum Gasteiger partial charge on any atom is 0.407 e. The summed E-state index contributed by atoms with van der Waals surface area (Å²) in [5, 5.41) is 18.6. The average Bonchev–Trinajstić information content (AvgIpc) is 3.67. The van der Waals surface area contributed by atoms with Crippen LogP contribution >= 0.6 is 0 Å². The molecule has 4 unspecified atom stereocenters. The number of fused-ring (bicyclic) bond motifs is 2. The third-order valence-corrected chi connectivity index (χ3v) is 8.57. The van der Waals surface area contributed by atoms with Gasteiger partial charge in [0, 0.05) is 30.5 Å². The number of aliphatic hydroxyl groups is 1. The van der Waals surface area contributed by atoms with E-state index in [0.29, 0.717) is 24.2 Å². The van der Waals surface area contributed by atoms with Crippen LogP contribution in [0.3, 0.4) is 0 Å². The van der Waals surface area contributed by atoms with Crippen LogP contribution in [0.15, 0.2) is 54.9 Å². The molecule has 3 heterocycles. The molecule has 2 aromatic carbocycles. The molecule has 3 aromatic rings. The van der Waals surface area contributed by atoms with Gasteiger partial charge in [-0.05, 0) is 73.9 Å². The summed E-state index contributed by atoms with van der Waals surface area (Å²) in [6, 6.07) is 12.7. The summed E-state index contributed by atoms with van der Waals surface area (Å²) < 4.78 is 18.3. The van der Waals surface area contributed by atoms with Crippen molar-refractivity contribution >= 4 is 12.0 Å². The van der Waals surface area contributed by atoms with Crippen LogP contribution in [-0.4, -0.2) is 64.3 Å². The van der Waals surface area contributed by atoms with Crippen LogP contribution in [0, 0.1) is 0 Å². The standard InChI is InChI=1S/C31H36N4O6/c1-3-40-30(38)33-28-26(36)12-13-31(28)25-11-10-21(22-17-32-35(19-22)27-9-4-5-14-41-27)16-24(25)29(37)34(31)18-20-7-6-8-23(15-20)39-2/h6-8,10-11,15-17,19,26-28,36H,3-5,9,12-14,18H2,1-2H3,(H,33,38). The lowest BCUT2D eigenvalue weighted by molar-refractivity contribution is -0.0394. The first-order valence-corrected chi connectivity index (χ1v) is 14.3. The van der Waals surface area contributed by atoms with Crippen molar-refractivity contribution in [2.45, 2.75) is 69.5 Å². The minimum atomic E-state index is -0.944. The Labute approximate surface area is 239 Å². The number of benzene rings is 2. The molecule has 2 N–H and O–H groups in total. The SMILES string of the molecule is CCOC(=O)NC1C(O)CCC12c1ccc(-c3cnn(C4CCCCO4)c3)cc1C(=O)N2Cc1cccc(OC)c1. The maximum atomic E-state index is 14.2. The summed E-state index contributed by atoms with van der Waals surface area (Å²) in [7, 11) is 1.61. The fraction of sp³-hybridized carbons (Fsp3) is 0.452. The molecule has 2 aliphatic heterocycles. The van der Waals surface area contributed by atoms with Gasteiger partial charge in [-0.3, -0.25) is 4.79 Å². The average molecular weight is 561 g/mol. The van der Waals surface area contributed by atoms with Gasteiger partial charge in [-0.1, -0.05) is 24.3 Å². The van der Waals surface area contributed by atoms with Gasteiger partial charge in [-0.15, -0.1) is 0 Å². The molecular weight excluding hydrogens is 524 g/mol. The Bertz CT molecular complexity index is 1430. The zero-order valence-electron chi connectivity index (χ0n) is 23.4. The molecule has 41 heavy (non-hydrogen) atoms. The fourth-order valence-corrected chi connectivity index (χ4v) is 6.62. The number of nitrogens with one attached hydrogen (secondary N) is 1. The van der Waals surface area contributed by atoms with Gasteiger partial charge < -0.3 is 29.5 Å². The van der Waals surface area contributed by atoms with Gasteiger partial charge in [-0.25, -0.2) is 9.48 Å². The molecule has 1 saturated carbocycles. The minimum Gasteiger partial charge on any atom is -0.497 e. The number of methoxy groups -OCH3 is 1.